The zero-order chi connectivity index (χ0) is 21.6. The van der Waals surface area contributed by atoms with Crippen LogP contribution >= 0.6 is 34.7 Å². The number of halogens is 1. The van der Waals surface area contributed by atoms with Crippen LogP contribution in [-0.4, -0.2) is 11.5 Å². The van der Waals surface area contributed by atoms with E-state index in [0.29, 0.717) is 10.3 Å². The van der Waals surface area contributed by atoms with Crippen LogP contribution in [0, 0.1) is 0 Å². The summed E-state index contributed by atoms with van der Waals surface area (Å²) in [5.74, 6) is 7.37. The van der Waals surface area contributed by atoms with Crippen molar-refractivity contribution in [1.82, 2.24) is 0 Å². The van der Waals surface area contributed by atoms with Gasteiger partial charge in [0.1, 0.15) is 6.26 Å². The van der Waals surface area contributed by atoms with Crippen LogP contribution in [0.2, 0.25) is 5.02 Å². The number of hydrogen-bond donors (Lipinski definition) is 1. The highest BCUT2D eigenvalue weighted by Crippen LogP contribution is 2.37. The number of benzene rings is 1. The second-order valence-corrected chi connectivity index (χ2v) is 9.66. The lowest BCUT2D eigenvalue weighted by molar-refractivity contribution is 0.343. The molecule has 6 heteroatoms. The maximum Gasteiger partial charge on any atom is 0.155 e. The van der Waals surface area contributed by atoms with Crippen LogP contribution in [0.4, 0.5) is 5.69 Å². The molecule has 0 radical (unpaired) electrons. The summed E-state index contributed by atoms with van der Waals surface area (Å²) in [5, 5.41) is 2.82. The predicted octanol–water partition coefficient (Wildman–Crippen LogP) is 7.16. The van der Waals surface area contributed by atoms with Gasteiger partial charge in [0.25, 0.3) is 0 Å². The third-order valence-corrected chi connectivity index (χ3v) is 7.51. The standard InChI is InChI=1S/C25H23ClN2OS2/c1-30-20-10-4-7-18(17-20)24-14-15-25(31-24)23(13-5-8-19-9-6-16-29-19)28(27)22-12-3-2-11-21(22)26/h2-4,7,10-16,20H,5,8,17,27H2,1H3/b23-13-. The first-order valence-electron chi connectivity index (χ1n) is 10.0. The van der Waals surface area contributed by atoms with E-state index in [-0.39, 0.29) is 0 Å². The Labute approximate surface area is 196 Å². The molecule has 0 saturated carbocycles. The average Bonchev–Trinajstić information content (AvgIpc) is 3.49. The third-order valence-electron chi connectivity index (χ3n) is 5.07. The minimum absolute atomic E-state index is 0.524. The molecule has 0 fully saturated rings. The van der Waals surface area contributed by atoms with Crippen molar-refractivity contribution in [2.24, 2.45) is 5.84 Å². The Balaban J connectivity index is 1.63. The van der Waals surface area contributed by atoms with Crippen molar-refractivity contribution in [2.75, 3.05) is 11.3 Å². The van der Waals surface area contributed by atoms with E-state index in [4.69, 9.17) is 22.2 Å². The van der Waals surface area contributed by atoms with Gasteiger partial charge in [-0.3, -0.25) is 5.01 Å². The highest BCUT2D eigenvalue weighted by Gasteiger charge is 2.18. The highest BCUT2D eigenvalue weighted by molar-refractivity contribution is 7.99. The van der Waals surface area contributed by atoms with Crippen LogP contribution in [-0.2, 0) is 4.74 Å². The van der Waals surface area contributed by atoms with Gasteiger partial charge < -0.3 is 4.74 Å². The van der Waals surface area contributed by atoms with Crippen molar-refractivity contribution >= 4 is 51.7 Å². The van der Waals surface area contributed by atoms with E-state index in [1.165, 1.54) is 16.7 Å². The molecule has 2 aromatic rings. The van der Waals surface area contributed by atoms with Gasteiger partial charge in [0, 0.05) is 16.5 Å². The van der Waals surface area contributed by atoms with Gasteiger partial charge in [-0.05, 0) is 60.4 Å². The zero-order valence-electron chi connectivity index (χ0n) is 17.2. The summed E-state index contributed by atoms with van der Waals surface area (Å²) in [6.07, 6.45) is 15.0. The van der Waals surface area contributed by atoms with Gasteiger partial charge in [-0.15, -0.1) is 11.3 Å². The first kappa shape index (κ1) is 21.9. The summed E-state index contributed by atoms with van der Waals surface area (Å²) < 4.78 is 5.37. The molecule has 31 heavy (non-hydrogen) atoms. The fraction of sp³-hybridized carbons (Fsp3) is 0.200. The monoisotopic (exact) mass is 466 g/mol. The molecular formula is C25H23ClN2OS2. The molecule has 1 atom stereocenters. The number of thiophene rings is 1. The van der Waals surface area contributed by atoms with Crippen molar-refractivity contribution in [3.05, 3.63) is 99.0 Å². The Morgan fingerprint density at radius 1 is 1.35 bits per heavy atom. The van der Waals surface area contributed by atoms with Crippen LogP contribution in [0.3, 0.4) is 0 Å². The topological polar surface area (TPSA) is 38.5 Å². The Bertz CT molecular complexity index is 1150. The summed E-state index contributed by atoms with van der Waals surface area (Å²) in [6, 6.07) is 11.9. The summed E-state index contributed by atoms with van der Waals surface area (Å²) in [7, 11) is 0. The van der Waals surface area contributed by atoms with Gasteiger partial charge in [0.05, 0.1) is 21.3 Å². The number of rotatable bonds is 8. The largest absolute Gasteiger partial charge is 0.452 e. The molecule has 0 saturated heterocycles. The Kier molecular flexibility index (Phi) is 7.26. The Morgan fingerprint density at radius 2 is 2.23 bits per heavy atom. The second kappa shape index (κ2) is 10.3. The molecule has 2 aliphatic rings. The molecule has 0 bridgehead atoms. The first-order chi connectivity index (χ1) is 15.2. The summed E-state index contributed by atoms with van der Waals surface area (Å²) in [5.41, 5.74) is 8.86. The lowest BCUT2D eigenvalue weighted by atomic mass is 10.0. The average molecular weight is 467 g/mol. The number of ether oxygens (including phenoxy) is 1. The van der Waals surface area contributed by atoms with Crippen LogP contribution in [0.25, 0.3) is 11.3 Å². The molecule has 1 unspecified atom stereocenters. The Morgan fingerprint density at radius 3 is 3.00 bits per heavy atom. The summed E-state index contributed by atoms with van der Waals surface area (Å²) in [6.45, 7) is 0. The van der Waals surface area contributed by atoms with Gasteiger partial charge >= 0.3 is 0 Å². The lowest BCUT2D eigenvalue weighted by Gasteiger charge is -2.23. The summed E-state index contributed by atoms with van der Waals surface area (Å²) in [4.78, 5) is 2.37. The number of nitrogens with two attached hydrogens (primary N) is 1. The molecule has 1 aromatic heterocycles. The van der Waals surface area contributed by atoms with Gasteiger partial charge in [0.2, 0.25) is 0 Å². The molecule has 1 aromatic carbocycles. The van der Waals surface area contributed by atoms with Gasteiger partial charge in [-0.1, -0.05) is 48.0 Å². The number of para-hydroxylation sites is 1. The molecule has 0 amide bonds. The lowest BCUT2D eigenvalue weighted by Crippen LogP contribution is -2.29. The molecule has 1 aliphatic carbocycles. The molecule has 0 spiro atoms. The molecule has 3 nitrogen and oxygen atoms in total. The smallest absolute Gasteiger partial charge is 0.155 e. The third kappa shape index (κ3) is 5.28. The number of hydrogen-bond acceptors (Lipinski definition) is 5. The van der Waals surface area contributed by atoms with Crippen LogP contribution in [0.1, 0.15) is 29.0 Å². The van der Waals surface area contributed by atoms with Gasteiger partial charge in [-0.2, -0.15) is 11.8 Å². The highest BCUT2D eigenvalue weighted by atomic mass is 35.5. The maximum absolute atomic E-state index is 6.58. The second-order valence-electron chi connectivity index (χ2n) is 7.10. The first-order valence-corrected chi connectivity index (χ1v) is 12.5. The maximum atomic E-state index is 6.58. The normalized spacial score (nSPS) is 17.5. The number of anilines is 1. The fourth-order valence-electron chi connectivity index (χ4n) is 3.44. The van der Waals surface area contributed by atoms with E-state index in [9.17, 15) is 0 Å². The van der Waals surface area contributed by atoms with E-state index in [1.54, 1.807) is 16.3 Å². The van der Waals surface area contributed by atoms with E-state index < -0.39 is 0 Å². The van der Waals surface area contributed by atoms with Crippen molar-refractivity contribution < 1.29 is 4.74 Å². The van der Waals surface area contributed by atoms with E-state index >= 15 is 0 Å². The fourth-order valence-corrected chi connectivity index (χ4v) is 5.34. The zero-order valence-corrected chi connectivity index (χ0v) is 19.6. The minimum atomic E-state index is 0.524. The molecule has 2 N–H and O–H groups in total. The molecule has 1 aliphatic heterocycles. The van der Waals surface area contributed by atoms with Crippen molar-refractivity contribution in [1.29, 1.82) is 0 Å². The Hall–Kier alpha value is -2.36. The quantitative estimate of drug-likeness (QED) is 0.254. The van der Waals surface area contributed by atoms with Crippen LogP contribution in [0.15, 0.2) is 84.2 Å². The van der Waals surface area contributed by atoms with E-state index in [0.717, 1.165) is 41.3 Å². The number of hydrazine groups is 1. The molecule has 4 rings (SSSR count). The molecule has 158 valence electrons. The number of thioether (sulfide) groups is 1. The van der Waals surface area contributed by atoms with E-state index in [1.807, 2.05) is 36.0 Å². The SMILES string of the molecule is CSC1C=CC=C(c2ccc(/C(=C/CCC3=C=C=CO3)N(N)c3ccccc3Cl)s2)C1. The van der Waals surface area contributed by atoms with E-state index in [2.05, 4.69) is 54.2 Å². The van der Waals surface area contributed by atoms with Gasteiger partial charge in [-0.25, -0.2) is 5.84 Å². The van der Waals surface area contributed by atoms with Crippen molar-refractivity contribution in [2.45, 2.75) is 24.5 Å². The van der Waals surface area contributed by atoms with Gasteiger partial charge in [0.15, 0.2) is 5.76 Å². The molecular weight excluding hydrogens is 444 g/mol. The minimum Gasteiger partial charge on any atom is -0.452 e. The number of allylic oxidation sites excluding steroid dienone is 5. The predicted molar refractivity (Wildman–Crippen MR) is 135 cm³/mol. The van der Waals surface area contributed by atoms with Crippen molar-refractivity contribution in [3.63, 3.8) is 0 Å². The number of nitrogens with zero attached hydrogens (tertiary/aromatic N) is 1. The van der Waals surface area contributed by atoms with Crippen molar-refractivity contribution in [3.8, 4) is 0 Å². The van der Waals surface area contributed by atoms with Crippen LogP contribution < -0.4 is 10.9 Å². The van der Waals surface area contributed by atoms with Crippen LogP contribution in [0.5, 0.6) is 0 Å². The molecule has 2 heterocycles. The summed E-state index contributed by atoms with van der Waals surface area (Å²) >= 11 is 10.1.